The highest BCUT2D eigenvalue weighted by Gasteiger charge is 2.10. The monoisotopic (exact) mass is 368 g/mol. The summed E-state index contributed by atoms with van der Waals surface area (Å²) in [5.74, 6) is 1.24. The molecule has 0 amide bonds. The predicted molar refractivity (Wildman–Crippen MR) is 78.4 cm³/mol. The van der Waals surface area contributed by atoms with E-state index in [9.17, 15) is 4.79 Å². The lowest BCUT2D eigenvalue weighted by atomic mass is 10.1. The van der Waals surface area contributed by atoms with Gasteiger partial charge >= 0.3 is 0 Å². The molecule has 0 aromatic heterocycles. The largest absolute Gasteiger partial charge is 0.457 e. The van der Waals surface area contributed by atoms with Gasteiger partial charge in [-0.05, 0) is 49.4 Å². The second-order valence-electron chi connectivity index (χ2n) is 3.75. The van der Waals surface area contributed by atoms with E-state index < -0.39 is 0 Å². The number of benzene rings is 2. The zero-order chi connectivity index (χ0) is 13.1. The summed E-state index contributed by atoms with van der Waals surface area (Å²) in [4.78, 5) is 11.6. The van der Waals surface area contributed by atoms with Crippen molar-refractivity contribution in [3.63, 3.8) is 0 Å². The van der Waals surface area contributed by atoms with Crippen LogP contribution in [0.3, 0.4) is 0 Å². The molecule has 2 aromatic rings. The standard InChI is InChI=1S/C14H10Br2O2/c1-9(17)13-8-11(16)4-7-14(13)18-12-5-2-10(15)3-6-12/h2-8H,1H3. The van der Waals surface area contributed by atoms with Gasteiger partial charge in [-0.25, -0.2) is 0 Å². The van der Waals surface area contributed by atoms with E-state index in [1.165, 1.54) is 6.92 Å². The Bertz CT molecular complexity index is 577. The maximum absolute atomic E-state index is 11.6. The van der Waals surface area contributed by atoms with Gasteiger partial charge in [0.05, 0.1) is 5.56 Å². The summed E-state index contributed by atoms with van der Waals surface area (Å²) in [6.45, 7) is 1.52. The fourth-order valence-electron chi connectivity index (χ4n) is 1.50. The first-order valence-corrected chi connectivity index (χ1v) is 6.89. The number of rotatable bonds is 3. The SMILES string of the molecule is CC(=O)c1cc(Br)ccc1Oc1ccc(Br)cc1. The van der Waals surface area contributed by atoms with Crippen molar-refractivity contribution in [1.82, 2.24) is 0 Å². The van der Waals surface area contributed by atoms with E-state index in [-0.39, 0.29) is 5.78 Å². The van der Waals surface area contributed by atoms with Crippen LogP contribution in [0.15, 0.2) is 51.4 Å². The smallest absolute Gasteiger partial charge is 0.163 e. The summed E-state index contributed by atoms with van der Waals surface area (Å²) in [7, 11) is 0. The van der Waals surface area contributed by atoms with Crippen molar-refractivity contribution in [3.05, 3.63) is 57.0 Å². The average molecular weight is 370 g/mol. The summed E-state index contributed by atoms with van der Waals surface area (Å²) in [6, 6.07) is 12.9. The van der Waals surface area contributed by atoms with E-state index in [2.05, 4.69) is 31.9 Å². The minimum absolute atomic E-state index is 0.0246. The molecule has 0 atom stereocenters. The molecule has 0 bridgehead atoms. The predicted octanol–water partition coefficient (Wildman–Crippen LogP) is 5.21. The second kappa shape index (κ2) is 5.67. The Morgan fingerprint density at radius 2 is 1.61 bits per heavy atom. The topological polar surface area (TPSA) is 26.3 Å². The lowest BCUT2D eigenvalue weighted by molar-refractivity contribution is 0.101. The van der Waals surface area contributed by atoms with Crippen LogP contribution >= 0.6 is 31.9 Å². The first-order chi connectivity index (χ1) is 8.56. The van der Waals surface area contributed by atoms with Crippen LogP contribution in [-0.2, 0) is 0 Å². The molecular weight excluding hydrogens is 360 g/mol. The molecule has 0 unspecified atom stereocenters. The third-order valence-electron chi connectivity index (χ3n) is 2.36. The molecule has 0 spiro atoms. The van der Waals surface area contributed by atoms with Gasteiger partial charge in [-0.2, -0.15) is 0 Å². The molecule has 2 nitrogen and oxygen atoms in total. The van der Waals surface area contributed by atoms with E-state index in [0.29, 0.717) is 17.1 Å². The number of halogens is 2. The molecule has 0 saturated carbocycles. The molecule has 0 fully saturated rings. The normalized spacial score (nSPS) is 10.2. The first kappa shape index (κ1) is 13.3. The maximum Gasteiger partial charge on any atom is 0.163 e. The Morgan fingerprint density at radius 1 is 1.00 bits per heavy atom. The summed E-state index contributed by atoms with van der Waals surface area (Å²) >= 11 is 6.71. The van der Waals surface area contributed by atoms with Crippen molar-refractivity contribution in [1.29, 1.82) is 0 Å². The Morgan fingerprint density at radius 3 is 2.22 bits per heavy atom. The minimum Gasteiger partial charge on any atom is -0.457 e. The van der Waals surface area contributed by atoms with Gasteiger partial charge in [0.1, 0.15) is 11.5 Å². The van der Waals surface area contributed by atoms with Crippen LogP contribution in [0.25, 0.3) is 0 Å². The molecule has 2 aromatic carbocycles. The number of ether oxygens (including phenoxy) is 1. The maximum atomic E-state index is 11.6. The fraction of sp³-hybridized carbons (Fsp3) is 0.0714. The van der Waals surface area contributed by atoms with Crippen molar-refractivity contribution in [2.24, 2.45) is 0 Å². The number of hydrogen-bond acceptors (Lipinski definition) is 2. The van der Waals surface area contributed by atoms with Gasteiger partial charge in [-0.1, -0.05) is 31.9 Å². The lowest BCUT2D eigenvalue weighted by Crippen LogP contribution is -1.97. The zero-order valence-electron chi connectivity index (χ0n) is 9.61. The fourth-order valence-corrected chi connectivity index (χ4v) is 2.12. The van der Waals surface area contributed by atoms with E-state index in [4.69, 9.17) is 4.74 Å². The summed E-state index contributed by atoms with van der Waals surface area (Å²) < 4.78 is 7.56. The van der Waals surface area contributed by atoms with Gasteiger partial charge < -0.3 is 4.74 Å². The quantitative estimate of drug-likeness (QED) is 0.694. The van der Waals surface area contributed by atoms with Crippen LogP contribution in [0.1, 0.15) is 17.3 Å². The van der Waals surface area contributed by atoms with Gasteiger partial charge in [-0.15, -0.1) is 0 Å². The highest BCUT2D eigenvalue weighted by molar-refractivity contribution is 9.10. The van der Waals surface area contributed by atoms with Crippen LogP contribution in [0.4, 0.5) is 0 Å². The highest BCUT2D eigenvalue weighted by Crippen LogP contribution is 2.29. The van der Waals surface area contributed by atoms with Gasteiger partial charge in [-0.3, -0.25) is 4.79 Å². The molecule has 0 aliphatic rings. The Balaban J connectivity index is 2.34. The molecule has 0 heterocycles. The number of hydrogen-bond donors (Lipinski definition) is 0. The summed E-state index contributed by atoms with van der Waals surface area (Å²) in [5.41, 5.74) is 0.562. The first-order valence-electron chi connectivity index (χ1n) is 5.30. The summed E-state index contributed by atoms with van der Waals surface area (Å²) in [6.07, 6.45) is 0. The van der Waals surface area contributed by atoms with Crippen molar-refractivity contribution in [2.75, 3.05) is 0 Å². The molecule has 0 aliphatic heterocycles. The number of Topliss-reactive ketones (excluding diaryl/α,β-unsaturated/α-hetero) is 1. The van der Waals surface area contributed by atoms with Crippen LogP contribution in [-0.4, -0.2) is 5.78 Å². The van der Waals surface area contributed by atoms with Crippen molar-refractivity contribution in [3.8, 4) is 11.5 Å². The van der Waals surface area contributed by atoms with Crippen molar-refractivity contribution in [2.45, 2.75) is 6.92 Å². The van der Waals surface area contributed by atoms with E-state index in [0.717, 1.165) is 8.95 Å². The number of ketones is 1. The van der Waals surface area contributed by atoms with Gasteiger partial charge in [0.2, 0.25) is 0 Å². The minimum atomic E-state index is -0.0246. The number of carbonyl (C=O) groups is 1. The lowest BCUT2D eigenvalue weighted by Gasteiger charge is -2.09. The third kappa shape index (κ3) is 3.21. The van der Waals surface area contributed by atoms with E-state index in [1.54, 1.807) is 12.1 Å². The molecule has 18 heavy (non-hydrogen) atoms. The highest BCUT2D eigenvalue weighted by atomic mass is 79.9. The van der Waals surface area contributed by atoms with Crippen LogP contribution in [0.2, 0.25) is 0 Å². The van der Waals surface area contributed by atoms with Crippen LogP contribution in [0.5, 0.6) is 11.5 Å². The Kier molecular flexibility index (Phi) is 4.19. The van der Waals surface area contributed by atoms with Crippen molar-refractivity contribution >= 4 is 37.6 Å². The molecule has 92 valence electrons. The van der Waals surface area contributed by atoms with Crippen LogP contribution < -0.4 is 4.74 Å². The Labute approximate surface area is 122 Å². The summed E-state index contributed by atoms with van der Waals surface area (Å²) in [5, 5.41) is 0. The van der Waals surface area contributed by atoms with E-state index >= 15 is 0 Å². The molecule has 0 aliphatic carbocycles. The zero-order valence-corrected chi connectivity index (χ0v) is 12.8. The van der Waals surface area contributed by atoms with Gasteiger partial charge in [0.15, 0.2) is 5.78 Å². The molecular formula is C14H10Br2O2. The molecule has 0 saturated heterocycles. The van der Waals surface area contributed by atoms with Crippen molar-refractivity contribution < 1.29 is 9.53 Å². The van der Waals surface area contributed by atoms with Gasteiger partial charge in [0.25, 0.3) is 0 Å². The van der Waals surface area contributed by atoms with Crippen LogP contribution in [0, 0.1) is 0 Å². The Hall–Kier alpha value is -1.13. The average Bonchev–Trinajstić information content (AvgIpc) is 2.34. The molecule has 0 N–H and O–H groups in total. The number of carbonyl (C=O) groups excluding carboxylic acids is 1. The molecule has 0 radical (unpaired) electrons. The molecule has 2 rings (SSSR count). The molecule has 4 heteroatoms. The van der Waals surface area contributed by atoms with E-state index in [1.807, 2.05) is 30.3 Å². The second-order valence-corrected chi connectivity index (χ2v) is 5.58. The van der Waals surface area contributed by atoms with Gasteiger partial charge in [0, 0.05) is 8.95 Å². The third-order valence-corrected chi connectivity index (χ3v) is 3.38.